The van der Waals surface area contributed by atoms with E-state index < -0.39 is 22.0 Å². The molecular formula is C18H17N5O3S3. The van der Waals surface area contributed by atoms with E-state index in [-0.39, 0.29) is 10.8 Å². The van der Waals surface area contributed by atoms with Crippen molar-refractivity contribution in [2.24, 2.45) is 5.92 Å². The SMILES string of the molecule is CC(C)C(NS(=O)(=O)c1cccc2nsnc12)C(=O)Nc1nc2ccccc2s1. The topological polar surface area (TPSA) is 114 Å². The van der Waals surface area contributed by atoms with Gasteiger partial charge in [-0.15, -0.1) is 0 Å². The van der Waals surface area contributed by atoms with Crippen LogP contribution in [-0.4, -0.2) is 34.1 Å². The van der Waals surface area contributed by atoms with Gasteiger partial charge in [-0.1, -0.05) is 43.4 Å². The molecule has 2 aromatic carbocycles. The zero-order chi connectivity index (χ0) is 20.6. The zero-order valence-electron chi connectivity index (χ0n) is 15.5. The number of thiazole rings is 1. The first-order chi connectivity index (χ1) is 13.8. The highest BCUT2D eigenvalue weighted by molar-refractivity contribution is 7.89. The molecule has 2 aromatic heterocycles. The number of benzene rings is 2. The fraction of sp³-hybridized carbons (Fsp3) is 0.222. The van der Waals surface area contributed by atoms with Gasteiger partial charge in [0.15, 0.2) is 5.13 Å². The highest BCUT2D eigenvalue weighted by Crippen LogP contribution is 2.26. The minimum atomic E-state index is -3.99. The molecule has 4 rings (SSSR count). The fourth-order valence-electron chi connectivity index (χ4n) is 2.83. The molecule has 4 aromatic rings. The molecule has 0 bridgehead atoms. The Morgan fingerprint density at radius 2 is 1.79 bits per heavy atom. The molecule has 29 heavy (non-hydrogen) atoms. The maximum absolute atomic E-state index is 13.0. The van der Waals surface area contributed by atoms with Gasteiger partial charge in [0, 0.05) is 0 Å². The Bertz CT molecular complexity index is 1260. The molecule has 0 aliphatic heterocycles. The van der Waals surface area contributed by atoms with Gasteiger partial charge in [0.2, 0.25) is 15.9 Å². The van der Waals surface area contributed by atoms with Gasteiger partial charge in [-0.2, -0.15) is 13.5 Å². The normalized spacial score (nSPS) is 13.2. The van der Waals surface area contributed by atoms with Crippen LogP contribution in [0.1, 0.15) is 13.8 Å². The van der Waals surface area contributed by atoms with Crippen LogP contribution in [0.15, 0.2) is 47.4 Å². The number of hydrogen-bond acceptors (Lipinski definition) is 8. The first kappa shape index (κ1) is 19.8. The minimum absolute atomic E-state index is 0.00203. The van der Waals surface area contributed by atoms with Crippen molar-refractivity contribution in [3.63, 3.8) is 0 Å². The first-order valence-electron chi connectivity index (χ1n) is 8.75. The van der Waals surface area contributed by atoms with Crippen molar-refractivity contribution in [3.8, 4) is 0 Å². The van der Waals surface area contributed by atoms with Crippen molar-refractivity contribution in [1.82, 2.24) is 18.5 Å². The Morgan fingerprint density at radius 1 is 1.03 bits per heavy atom. The van der Waals surface area contributed by atoms with Gasteiger partial charge in [-0.25, -0.2) is 13.4 Å². The third kappa shape index (κ3) is 3.99. The van der Waals surface area contributed by atoms with Crippen LogP contribution in [0.5, 0.6) is 0 Å². The fourth-order valence-corrected chi connectivity index (χ4v) is 5.81. The summed E-state index contributed by atoms with van der Waals surface area (Å²) in [7, 11) is -3.99. The van der Waals surface area contributed by atoms with Gasteiger partial charge in [0.1, 0.15) is 22.0 Å². The molecule has 0 saturated carbocycles. The molecule has 1 atom stereocenters. The lowest BCUT2D eigenvalue weighted by atomic mass is 10.1. The molecule has 8 nitrogen and oxygen atoms in total. The Balaban J connectivity index is 1.60. The molecule has 1 unspecified atom stereocenters. The predicted molar refractivity (Wildman–Crippen MR) is 115 cm³/mol. The van der Waals surface area contributed by atoms with Crippen LogP contribution in [0, 0.1) is 5.92 Å². The Kier molecular flexibility index (Phi) is 5.30. The van der Waals surface area contributed by atoms with E-state index in [1.165, 1.54) is 17.4 Å². The van der Waals surface area contributed by atoms with Crippen molar-refractivity contribution in [1.29, 1.82) is 0 Å². The molecule has 150 valence electrons. The largest absolute Gasteiger partial charge is 0.301 e. The molecule has 0 aliphatic rings. The number of amides is 1. The number of carbonyl (C=O) groups is 1. The van der Waals surface area contributed by atoms with Crippen molar-refractivity contribution >= 4 is 65.4 Å². The summed E-state index contributed by atoms with van der Waals surface area (Å²) in [6.07, 6.45) is 0. The molecule has 1 amide bonds. The lowest BCUT2D eigenvalue weighted by molar-refractivity contribution is -0.118. The van der Waals surface area contributed by atoms with E-state index in [0.717, 1.165) is 21.9 Å². The predicted octanol–water partition coefficient (Wildman–Crippen LogP) is 3.24. The summed E-state index contributed by atoms with van der Waals surface area (Å²) in [6, 6.07) is 11.3. The summed E-state index contributed by atoms with van der Waals surface area (Å²) in [5, 5.41) is 3.16. The second-order valence-electron chi connectivity index (χ2n) is 6.71. The van der Waals surface area contributed by atoms with Crippen molar-refractivity contribution in [3.05, 3.63) is 42.5 Å². The van der Waals surface area contributed by atoms with Crippen LogP contribution >= 0.6 is 23.1 Å². The maximum atomic E-state index is 13.0. The number of fused-ring (bicyclic) bond motifs is 2. The van der Waals surface area contributed by atoms with Crippen molar-refractivity contribution in [2.75, 3.05) is 5.32 Å². The quantitative estimate of drug-likeness (QED) is 0.469. The average molecular weight is 448 g/mol. The summed E-state index contributed by atoms with van der Waals surface area (Å²) in [5.74, 6) is -0.752. The number of nitrogens with one attached hydrogen (secondary N) is 2. The molecule has 0 saturated heterocycles. The molecule has 2 N–H and O–H groups in total. The van der Waals surface area contributed by atoms with Crippen molar-refractivity contribution in [2.45, 2.75) is 24.8 Å². The summed E-state index contributed by atoms with van der Waals surface area (Å²) in [4.78, 5) is 17.2. The summed E-state index contributed by atoms with van der Waals surface area (Å²) < 4.78 is 37.6. The van der Waals surface area contributed by atoms with Gasteiger partial charge in [0.05, 0.1) is 21.9 Å². The molecule has 0 spiro atoms. The molecule has 2 heterocycles. The maximum Gasteiger partial charge on any atom is 0.244 e. The summed E-state index contributed by atoms with van der Waals surface area (Å²) >= 11 is 2.27. The number of anilines is 1. The third-order valence-corrected chi connectivity index (χ3v) is 7.26. The second kappa shape index (κ2) is 7.75. The Hall–Kier alpha value is -2.47. The number of carbonyl (C=O) groups excluding carboxylic acids is 1. The second-order valence-corrected chi connectivity index (χ2v) is 9.95. The van der Waals surface area contributed by atoms with Crippen LogP contribution in [0.2, 0.25) is 0 Å². The van der Waals surface area contributed by atoms with Crippen LogP contribution in [0.4, 0.5) is 5.13 Å². The Labute approximate surface area is 175 Å². The number of aromatic nitrogens is 3. The van der Waals surface area contributed by atoms with Crippen LogP contribution < -0.4 is 10.0 Å². The number of sulfonamides is 1. The summed E-state index contributed by atoms with van der Waals surface area (Å²) in [5.41, 5.74) is 1.56. The van der Waals surface area contributed by atoms with Crippen LogP contribution in [0.3, 0.4) is 0 Å². The van der Waals surface area contributed by atoms with Gasteiger partial charge in [0.25, 0.3) is 0 Å². The molecule has 0 aliphatic carbocycles. The van der Waals surface area contributed by atoms with E-state index in [4.69, 9.17) is 0 Å². The van der Waals surface area contributed by atoms with Crippen LogP contribution in [0.25, 0.3) is 21.3 Å². The molecule has 0 fully saturated rings. The number of nitrogens with zero attached hydrogens (tertiary/aromatic N) is 3. The van der Waals surface area contributed by atoms with Crippen LogP contribution in [-0.2, 0) is 14.8 Å². The number of hydrogen-bond donors (Lipinski definition) is 2. The number of rotatable bonds is 6. The smallest absolute Gasteiger partial charge is 0.244 e. The van der Waals surface area contributed by atoms with Gasteiger partial charge >= 0.3 is 0 Å². The molecule has 0 radical (unpaired) electrons. The van der Waals surface area contributed by atoms with Gasteiger partial charge < -0.3 is 5.32 Å². The monoisotopic (exact) mass is 447 g/mol. The van der Waals surface area contributed by atoms with E-state index in [1.807, 2.05) is 24.3 Å². The highest BCUT2D eigenvalue weighted by atomic mass is 32.2. The van der Waals surface area contributed by atoms with E-state index in [2.05, 4.69) is 23.8 Å². The molecular weight excluding hydrogens is 430 g/mol. The standard InChI is InChI=1S/C18H17N5O3S3/c1-10(2)15(17(24)20-18-19-11-6-3-4-8-13(11)27-18)23-29(25,26)14-9-5-7-12-16(14)22-28-21-12/h3-10,15,23H,1-2H3,(H,19,20,24). The van der Waals surface area contributed by atoms with E-state index in [1.54, 1.807) is 26.0 Å². The lowest BCUT2D eigenvalue weighted by Crippen LogP contribution is -2.47. The van der Waals surface area contributed by atoms with Gasteiger partial charge in [-0.05, 0) is 30.2 Å². The van der Waals surface area contributed by atoms with Crippen molar-refractivity contribution < 1.29 is 13.2 Å². The van der Waals surface area contributed by atoms with E-state index >= 15 is 0 Å². The third-order valence-electron chi connectivity index (χ3n) is 4.29. The van der Waals surface area contributed by atoms with E-state index in [9.17, 15) is 13.2 Å². The first-order valence-corrected chi connectivity index (χ1v) is 11.8. The molecule has 11 heteroatoms. The number of para-hydroxylation sites is 1. The van der Waals surface area contributed by atoms with E-state index in [0.29, 0.717) is 16.2 Å². The Morgan fingerprint density at radius 3 is 2.55 bits per heavy atom. The summed E-state index contributed by atoms with van der Waals surface area (Å²) in [6.45, 7) is 3.55. The lowest BCUT2D eigenvalue weighted by Gasteiger charge is -2.21. The highest BCUT2D eigenvalue weighted by Gasteiger charge is 2.30. The zero-order valence-corrected chi connectivity index (χ0v) is 17.9. The average Bonchev–Trinajstić information content (AvgIpc) is 3.31. The van der Waals surface area contributed by atoms with Gasteiger partial charge in [-0.3, -0.25) is 4.79 Å². The minimum Gasteiger partial charge on any atom is -0.301 e.